The number of hydrogen-bond acceptors (Lipinski definition) is 4. The molecular weight excluding hydrogens is 420 g/mol. The molecule has 32 heavy (non-hydrogen) atoms. The van der Waals surface area contributed by atoms with E-state index >= 15 is 0 Å². The van der Waals surface area contributed by atoms with Gasteiger partial charge in [-0.1, -0.05) is 6.07 Å². The lowest BCUT2D eigenvalue weighted by Crippen LogP contribution is -2.30. The Hall–Kier alpha value is -3.06. The highest BCUT2D eigenvalue weighted by Crippen LogP contribution is 2.48. The van der Waals surface area contributed by atoms with E-state index in [-0.39, 0.29) is 12.1 Å². The number of ether oxygens (including phenoxy) is 2. The number of thiocarbonyl (C=S) groups is 1. The maximum atomic E-state index is 5.89. The maximum Gasteiger partial charge on any atom is 0.174 e. The fourth-order valence-electron chi connectivity index (χ4n) is 4.91. The fraction of sp³-hybridized carbons (Fsp3) is 0.360. The van der Waals surface area contributed by atoms with Gasteiger partial charge in [0.1, 0.15) is 11.5 Å². The second-order valence-corrected chi connectivity index (χ2v) is 8.85. The third kappa shape index (κ3) is 3.41. The van der Waals surface area contributed by atoms with Crippen LogP contribution in [0.15, 0.2) is 48.7 Å². The SMILES string of the molecule is COc1ccc(N2C(=S)NC(c3ccccn3)C2c2cc(C)n(C3CC3)c2C)c(OC)c1. The summed E-state index contributed by atoms with van der Waals surface area (Å²) in [6, 6.07) is 14.7. The highest BCUT2D eigenvalue weighted by atomic mass is 32.1. The molecule has 0 amide bonds. The van der Waals surface area contributed by atoms with Gasteiger partial charge in [0.15, 0.2) is 5.11 Å². The van der Waals surface area contributed by atoms with Crippen molar-refractivity contribution in [2.45, 2.75) is 44.8 Å². The van der Waals surface area contributed by atoms with Crippen LogP contribution in [0.25, 0.3) is 0 Å². The van der Waals surface area contributed by atoms with Crippen LogP contribution in [0, 0.1) is 13.8 Å². The molecule has 3 heterocycles. The summed E-state index contributed by atoms with van der Waals surface area (Å²) >= 11 is 5.89. The lowest BCUT2D eigenvalue weighted by molar-refractivity contribution is 0.394. The summed E-state index contributed by atoms with van der Waals surface area (Å²) in [5, 5.41) is 4.20. The zero-order valence-electron chi connectivity index (χ0n) is 18.8. The van der Waals surface area contributed by atoms with Crippen LogP contribution in [0.5, 0.6) is 11.5 Å². The van der Waals surface area contributed by atoms with Gasteiger partial charge < -0.3 is 24.3 Å². The summed E-state index contributed by atoms with van der Waals surface area (Å²) in [5.41, 5.74) is 5.71. The predicted molar refractivity (Wildman–Crippen MR) is 130 cm³/mol. The molecule has 2 fully saturated rings. The molecule has 1 aliphatic carbocycles. The molecule has 2 aliphatic rings. The smallest absolute Gasteiger partial charge is 0.174 e. The van der Waals surface area contributed by atoms with Gasteiger partial charge in [0.2, 0.25) is 0 Å². The molecule has 1 aromatic carbocycles. The third-order valence-corrected chi connectivity index (χ3v) is 6.81. The van der Waals surface area contributed by atoms with E-state index in [2.05, 4.69) is 45.7 Å². The van der Waals surface area contributed by atoms with Crippen LogP contribution in [-0.4, -0.2) is 28.9 Å². The third-order valence-electron chi connectivity index (χ3n) is 6.50. The molecule has 2 aromatic heterocycles. The van der Waals surface area contributed by atoms with Crippen LogP contribution in [0.3, 0.4) is 0 Å². The van der Waals surface area contributed by atoms with Crippen LogP contribution >= 0.6 is 12.2 Å². The van der Waals surface area contributed by atoms with Gasteiger partial charge in [-0.25, -0.2) is 0 Å². The molecular formula is C25H28N4O2S. The van der Waals surface area contributed by atoms with Crippen LogP contribution in [0.4, 0.5) is 5.69 Å². The monoisotopic (exact) mass is 448 g/mol. The van der Waals surface area contributed by atoms with Crippen molar-refractivity contribution in [3.8, 4) is 11.5 Å². The molecule has 1 aliphatic heterocycles. The highest BCUT2D eigenvalue weighted by molar-refractivity contribution is 7.80. The number of benzene rings is 1. The summed E-state index contributed by atoms with van der Waals surface area (Å²) in [6.07, 6.45) is 4.33. The zero-order valence-corrected chi connectivity index (χ0v) is 19.6. The minimum atomic E-state index is -0.0799. The molecule has 2 atom stereocenters. The molecule has 1 saturated carbocycles. The summed E-state index contributed by atoms with van der Waals surface area (Å²) in [7, 11) is 3.33. The summed E-state index contributed by atoms with van der Waals surface area (Å²) < 4.78 is 13.6. The molecule has 1 N–H and O–H groups in total. The molecule has 5 rings (SSSR count). The summed E-state index contributed by atoms with van der Waals surface area (Å²) in [6.45, 7) is 4.42. The lowest BCUT2D eigenvalue weighted by atomic mass is 9.96. The minimum Gasteiger partial charge on any atom is -0.497 e. The zero-order chi connectivity index (χ0) is 22.4. The second-order valence-electron chi connectivity index (χ2n) is 8.46. The van der Waals surface area contributed by atoms with Crippen molar-refractivity contribution in [1.82, 2.24) is 14.9 Å². The molecule has 166 valence electrons. The molecule has 3 aromatic rings. The van der Waals surface area contributed by atoms with E-state index in [1.165, 1.54) is 29.8 Å². The van der Waals surface area contributed by atoms with Gasteiger partial charge in [0.05, 0.1) is 37.7 Å². The van der Waals surface area contributed by atoms with Crippen LogP contribution in [0.1, 0.15) is 53.6 Å². The number of nitrogens with one attached hydrogen (secondary N) is 1. The Morgan fingerprint density at radius 3 is 2.53 bits per heavy atom. The molecule has 0 bridgehead atoms. The Bertz CT molecular complexity index is 1160. The average Bonchev–Trinajstić information content (AvgIpc) is 3.52. The number of hydrogen-bond donors (Lipinski definition) is 1. The second kappa shape index (κ2) is 8.13. The Morgan fingerprint density at radius 1 is 1.06 bits per heavy atom. The predicted octanol–water partition coefficient (Wildman–Crippen LogP) is 5.03. The largest absolute Gasteiger partial charge is 0.497 e. The maximum absolute atomic E-state index is 5.89. The van der Waals surface area contributed by atoms with Crippen LogP contribution in [0.2, 0.25) is 0 Å². The van der Waals surface area contributed by atoms with Crippen molar-refractivity contribution < 1.29 is 9.47 Å². The van der Waals surface area contributed by atoms with E-state index in [1.54, 1.807) is 14.2 Å². The Kier molecular flexibility index (Phi) is 5.29. The molecule has 1 saturated heterocycles. The van der Waals surface area contributed by atoms with Crippen molar-refractivity contribution in [3.05, 3.63) is 71.3 Å². The number of anilines is 1. The van der Waals surface area contributed by atoms with E-state index in [0.717, 1.165) is 22.9 Å². The van der Waals surface area contributed by atoms with Crippen molar-refractivity contribution in [1.29, 1.82) is 0 Å². The van der Waals surface area contributed by atoms with Gasteiger partial charge in [0.25, 0.3) is 0 Å². The van der Waals surface area contributed by atoms with Gasteiger partial charge in [-0.3, -0.25) is 4.98 Å². The number of rotatable bonds is 6. The van der Waals surface area contributed by atoms with E-state index in [1.807, 2.05) is 36.5 Å². The normalized spacial score (nSPS) is 20.4. The number of nitrogens with zero attached hydrogens (tertiary/aromatic N) is 3. The van der Waals surface area contributed by atoms with Gasteiger partial charge in [-0.05, 0) is 74.8 Å². The van der Waals surface area contributed by atoms with E-state index in [0.29, 0.717) is 11.2 Å². The summed E-state index contributed by atoms with van der Waals surface area (Å²) in [4.78, 5) is 6.84. The Morgan fingerprint density at radius 2 is 1.88 bits per heavy atom. The quantitative estimate of drug-likeness (QED) is 0.534. The number of pyridine rings is 1. The van der Waals surface area contributed by atoms with Crippen molar-refractivity contribution in [2.75, 3.05) is 19.1 Å². The van der Waals surface area contributed by atoms with Gasteiger partial charge >= 0.3 is 0 Å². The topological polar surface area (TPSA) is 51.5 Å². The number of aromatic nitrogens is 2. The number of aryl methyl sites for hydroxylation is 1. The number of methoxy groups -OCH3 is 2. The first-order valence-corrected chi connectivity index (χ1v) is 11.3. The lowest BCUT2D eigenvalue weighted by Gasteiger charge is -2.29. The molecule has 6 nitrogen and oxygen atoms in total. The standard InChI is InChI=1S/C25H28N4O2S/c1-15-13-19(16(2)28(15)17-8-9-17)24-23(20-7-5-6-12-26-20)27-25(32)29(24)21-11-10-18(30-3)14-22(21)31-4/h5-7,10-14,17,23-24H,8-9H2,1-4H3,(H,27,32). The van der Waals surface area contributed by atoms with Crippen LogP contribution < -0.4 is 19.7 Å². The van der Waals surface area contributed by atoms with Crippen molar-refractivity contribution in [3.63, 3.8) is 0 Å². The molecule has 7 heteroatoms. The van der Waals surface area contributed by atoms with E-state index < -0.39 is 0 Å². The first-order valence-electron chi connectivity index (χ1n) is 10.9. The fourth-order valence-corrected chi connectivity index (χ4v) is 5.25. The summed E-state index contributed by atoms with van der Waals surface area (Å²) in [5.74, 6) is 1.46. The molecule has 0 spiro atoms. The Labute approximate surface area is 194 Å². The van der Waals surface area contributed by atoms with E-state index in [9.17, 15) is 0 Å². The molecule has 0 radical (unpaired) electrons. The highest BCUT2D eigenvalue weighted by Gasteiger charge is 2.43. The van der Waals surface area contributed by atoms with Gasteiger partial charge in [0, 0.05) is 29.7 Å². The van der Waals surface area contributed by atoms with Gasteiger partial charge in [-0.2, -0.15) is 0 Å². The van der Waals surface area contributed by atoms with Crippen molar-refractivity contribution >= 4 is 23.0 Å². The average molecular weight is 449 g/mol. The first-order chi connectivity index (χ1) is 15.5. The molecule has 2 unspecified atom stereocenters. The first kappa shape index (κ1) is 20.8. The van der Waals surface area contributed by atoms with Crippen LogP contribution in [-0.2, 0) is 0 Å². The van der Waals surface area contributed by atoms with E-state index in [4.69, 9.17) is 21.7 Å². The van der Waals surface area contributed by atoms with Crippen molar-refractivity contribution in [2.24, 2.45) is 0 Å². The minimum absolute atomic E-state index is 0.0570. The Balaban J connectivity index is 1.68. The van der Waals surface area contributed by atoms with Gasteiger partial charge in [-0.15, -0.1) is 0 Å².